The minimum atomic E-state index is -0.360. The van der Waals surface area contributed by atoms with Gasteiger partial charge in [0.1, 0.15) is 0 Å². The molecule has 0 saturated carbocycles. The highest BCUT2D eigenvalue weighted by Gasteiger charge is 2.23. The standard InChI is InChI=1S/C14H20N2OS/c1-10(11-7-5-4-6-8-11)12(17)16-9-14(2,3)13(15)18/h4-8,10H,9H2,1-3H3,(H2,15,18)(H,16,17). The van der Waals surface area contributed by atoms with Crippen molar-refractivity contribution in [1.82, 2.24) is 5.32 Å². The van der Waals surface area contributed by atoms with Gasteiger partial charge >= 0.3 is 0 Å². The summed E-state index contributed by atoms with van der Waals surface area (Å²) in [6, 6.07) is 9.69. The lowest BCUT2D eigenvalue weighted by molar-refractivity contribution is -0.122. The molecule has 1 rings (SSSR count). The van der Waals surface area contributed by atoms with E-state index in [4.69, 9.17) is 18.0 Å². The van der Waals surface area contributed by atoms with Crippen molar-refractivity contribution < 1.29 is 4.79 Å². The molecule has 0 aromatic heterocycles. The van der Waals surface area contributed by atoms with Crippen molar-refractivity contribution in [3.8, 4) is 0 Å². The fourth-order valence-corrected chi connectivity index (χ4v) is 1.51. The fraction of sp³-hybridized carbons (Fsp3) is 0.429. The van der Waals surface area contributed by atoms with E-state index in [2.05, 4.69) is 5.32 Å². The summed E-state index contributed by atoms with van der Waals surface area (Å²) in [7, 11) is 0. The number of carbonyl (C=O) groups excluding carboxylic acids is 1. The number of nitrogens with two attached hydrogens (primary N) is 1. The van der Waals surface area contributed by atoms with E-state index in [1.165, 1.54) is 0 Å². The summed E-state index contributed by atoms with van der Waals surface area (Å²) in [5.74, 6) is -0.182. The number of nitrogens with one attached hydrogen (secondary N) is 1. The van der Waals surface area contributed by atoms with E-state index in [0.29, 0.717) is 11.5 Å². The Morgan fingerprint density at radius 2 is 1.94 bits per heavy atom. The molecule has 98 valence electrons. The van der Waals surface area contributed by atoms with E-state index in [0.717, 1.165) is 5.56 Å². The number of hydrogen-bond acceptors (Lipinski definition) is 2. The maximum Gasteiger partial charge on any atom is 0.227 e. The van der Waals surface area contributed by atoms with E-state index in [1.54, 1.807) is 0 Å². The molecule has 0 fully saturated rings. The molecule has 0 aliphatic carbocycles. The first-order valence-corrected chi connectivity index (χ1v) is 6.38. The van der Waals surface area contributed by atoms with Gasteiger partial charge in [-0.15, -0.1) is 0 Å². The second-order valence-electron chi connectivity index (χ2n) is 5.10. The first kappa shape index (κ1) is 14.6. The van der Waals surface area contributed by atoms with Crippen molar-refractivity contribution in [1.29, 1.82) is 0 Å². The number of benzene rings is 1. The Hall–Kier alpha value is -1.42. The van der Waals surface area contributed by atoms with Gasteiger partial charge in [0.2, 0.25) is 5.91 Å². The van der Waals surface area contributed by atoms with Crippen molar-refractivity contribution in [3.05, 3.63) is 35.9 Å². The summed E-state index contributed by atoms with van der Waals surface area (Å²) in [5, 5.41) is 2.90. The molecule has 0 radical (unpaired) electrons. The van der Waals surface area contributed by atoms with Gasteiger partial charge in [-0.2, -0.15) is 0 Å². The minimum absolute atomic E-state index is 0.00877. The lowest BCUT2D eigenvalue weighted by atomic mass is 9.93. The molecule has 3 nitrogen and oxygen atoms in total. The minimum Gasteiger partial charge on any atom is -0.393 e. The molecule has 0 aliphatic rings. The van der Waals surface area contributed by atoms with Crippen LogP contribution in [0.4, 0.5) is 0 Å². The van der Waals surface area contributed by atoms with Gasteiger partial charge in [0.25, 0.3) is 0 Å². The zero-order chi connectivity index (χ0) is 13.8. The average Bonchev–Trinajstić information content (AvgIpc) is 2.36. The summed E-state index contributed by atoms with van der Waals surface area (Å²) in [6.07, 6.45) is 0. The molecule has 4 heteroatoms. The summed E-state index contributed by atoms with van der Waals surface area (Å²) >= 11 is 4.97. The lowest BCUT2D eigenvalue weighted by Crippen LogP contribution is -2.42. The molecule has 0 spiro atoms. The van der Waals surface area contributed by atoms with Gasteiger partial charge in [-0.05, 0) is 12.5 Å². The zero-order valence-corrected chi connectivity index (χ0v) is 11.9. The molecule has 1 aromatic carbocycles. The molecule has 1 unspecified atom stereocenters. The van der Waals surface area contributed by atoms with E-state index in [9.17, 15) is 4.79 Å². The summed E-state index contributed by atoms with van der Waals surface area (Å²) < 4.78 is 0. The Morgan fingerprint density at radius 3 is 2.44 bits per heavy atom. The number of carbonyl (C=O) groups is 1. The average molecular weight is 264 g/mol. The molecule has 18 heavy (non-hydrogen) atoms. The summed E-state index contributed by atoms with van der Waals surface area (Å²) in [4.78, 5) is 12.4. The van der Waals surface area contributed by atoms with Crippen LogP contribution >= 0.6 is 12.2 Å². The molecule has 3 N–H and O–H groups in total. The van der Waals surface area contributed by atoms with Crippen LogP contribution in [0.2, 0.25) is 0 Å². The van der Waals surface area contributed by atoms with Crippen molar-refractivity contribution in [2.75, 3.05) is 6.54 Å². The number of hydrogen-bond donors (Lipinski definition) is 2. The van der Waals surface area contributed by atoms with Crippen molar-refractivity contribution >= 4 is 23.1 Å². The van der Waals surface area contributed by atoms with Crippen LogP contribution in [0.5, 0.6) is 0 Å². The third kappa shape index (κ3) is 3.81. The van der Waals surface area contributed by atoms with E-state index in [-0.39, 0.29) is 17.2 Å². The van der Waals surface area contributed by atoms with Gasteiger partial charge in [-0.25, -0.2) is 0 Å². The quantitative estimate of drug-likeness (QED) is 0.802. The summed E-state index contributed by atoms with van der Waals surface area (Å²) in [6.45, 7) is 6.18. The highest BCUT2D eigenvalue weighted by molar-refractivity contribution is 7.80. The molecule has 0 saturated heterocycles. The van der Waals surface area contributed by atoms with Crippen LogP contribution in [0.25, 0.3) is 0 Å². The SMILES string of the molecule is CC(C(=O)NCC(C)(C)C(N)=S)c1ccccc1. The number of rotatable bonds is 5. The third-order valence-electron chi connectivity index (χ3n) is 3.06. The van der Waals surface area contributed by atoms with Gasteiger partial charge in [-0.1, -0.05) is 56.4 Å². The first-order valence-electron chi connectivity index (χ1n) is 5.97. The Balaban J connectivity index is 2.59. The molecule has 0 aliphatic heterocycles. The molecule has 0 heterocycles. The van der Waals surface area contributed by atoms with Gasteiger partial charge < -0.3 is 11.1 Å². The van der Waals surface area contributed by atoms with Crippen LogP contribution < -0.4 is 11.1 Å². The Labute approximate surface area is 114 Å². The van der Waals surface area contributed by atoms with E-state index < -0.39 is 0 Å². The van der Waals surface area contributed by atoms with E-state index in [1.807, 2.05) is 51.1 Å². The van der Waals surface area contributed by atoms with Crippen LogP contribution in [-0.2, 0) is 4.79 Å². The highest BCUT2D eigenvalue weighted by atomic mass is 32.1. The van der Waals surface area contributed by atoms with Crippen molar-refractivity contribution in [2.24, 2.45) is 11.1 Å². The van der Waals surface area contributed by atoms with Crippen LogP contribution in [0, 0.1) is 5.41 Å². The van der Waals surface area contributed by atoms with Gasteiger partial charge in [-0.3, -0.25) is 4.79 Å². The predicted octanol–water partition coefficient (Wildman–Crippen LogP) is 2.22. The third-order valence-corrected chi connectivity index (χ3v) is 3.62. The monoisotopic (exact) mass is 264 g/mol. The van der Waals surface area contributed by atoms with E-state index >= 15 is 0 Å². The van der Waals surface area contributed by atoms with Gasteiger partial charge in [0.15, 0.2) is 0 Å². The number of amides is 1. The maximum atomic E-state index is 12.0. The second kappa shape index (κ2) is 5.96. The molecule has 0 bridgehead atoms. The van der Waals surface area contributed by atoms with Crippen LogP contribution in [0.15, 0.2) is 30.3 Å². The normalized spacial score (nSPS) is 12.8. The summed E-state index contributed by atoms with van der Waals surface area (Å²) in [5.41, 5.74) is 6.27. The van der Waals surface area contributed by atoms with Gasteiger partial charge in [0, 0.05) is 12.0 Å². The van der Waals surface area contributed by atoms with Crippen LogP contribution in [-0.4, -0.2) is 17.4 Å². The highest BCUT2D eigenvalue weighted by Crippen LogP contribution is 2.17. The second-order valence-corrected chi connectivity index (χ2v) is 5.54. The molecule has 1 amide bonds. The fourth-order valence-electron chi connectivity index (χ4n) is 1.44. The molecule has 1 aromatic rings. The Morgan fingerprint density at radius 1 is 1.39 bits per heavy atom. The van der Waals surface area contributed by atoms with Crippen molar-refractivity contribution in [2.45, 2.75) is 26.7 Å². The largest absolute Gasteiger partial charge is 0.393 e. The lowest BCUT2D eigenvalue weighted by Gasteiger charge is -2.24. The van der Waals surface area contributed by atoms with Crippen molar-refractivity contribution in [3.63, 3.8) is 0 Å². The molecular weight excluding hydrogens is 244 g/mol. The molecule has 1 atom stereocenters. The Kier molecular flexibility index (Phi) is 4.84. The number of thiocarbonyl (C=S) groups is 1. The van der Waals surface area contributed by atoms with Gasteiger partial charge in [0.05, 0.1) is 10.9 Å². The molecular formula is C14H20N2OS. The zero-order valence-electron chi connectivity index (χ0n) is 11.1. The topological polar surface area (TPSA) is 55.1 Å². The first-order chi connectivity index (χ1) is 8.34. The van der Waals surface area contributed by atoms with Crippen LogP contribution in [0.3, 0.4) is 0 Å². The van der Waals surface area contributed by atoms with Crippen LogP contribution in [0.1, 0.15) is 32.3 Å². The predicted molar refractivity (Wildman–Crippen MR) is 78.4 cm³/mol. The smallest absolute Gasteiger partial charge is 0.227 e. The Bertz CT molecular complexity index is 429. The maximum absolute atomic E-state index is 12.0.